The molecule has 21 heavy (non-hydrogen) atoms. The van der Waals surface area contributed by atoms with Gasteiger partial charge in [0.25, 0.3) is 0 Å². The normalized spacial score (nSPS) is 21.0. The Morgan fingerprint density at radius 3 is 2.43 bits per heavy atom. The molecule has 2 unspecified atom stereocenters. The molecule has 1 aromatic carbocycles. The van der Waals surface area contributed by atoms with Crippen LogP contribution in [0.5, 0.6) is 0 Å². The van der Waals surface area contributed by atoms with E-state index in [1.165, 1.54) is 31.4 Å². The van der Waals surface area contributed by atoms with E-state index in [1.807, 2.05) is 0 Å². The minimum atomic E-state index is -0.804. The fourth-order valence-corrected chi connectivity index (χ4v) is 3.27. The van der Waals surface area contributed by atoms with E-state index in [0.29, 0.717) is 6.42 Å². The van der Waals surface area contributed by atoms with Crippen LogP contribution in [0.3, 0.4) is 0 Å². The number of hydrogen-bond acceptors (Lipinski definition) is 2. The summed E-state index contributed by atoms with van der Waals surface area (Å²) in [6, 6.07) is 3.98. The molecule has 2 nitrogen and oxygen atoms in total. The van der Waals surface area contributed by atoms with E-state index in [1.54, 1.807) is 6.07 Å². The van der Waals surface area contributed by atoms with Gasteiger partial charge in [-0.05, 0) is 63.4 Å². The molecule has 0 saturated carbocycles. The van der Waals surface area contributed by atoms with E-state index < -0.39 is 11.6 Å². The number of nitrogens with zero attached hydrogens (tertiary/aromatic N) is 1. The van der Waals surface area contributed by atoms with Gasteiger partial charge in [0.1, 0.15) is 0 Å². The van der Waals surface area contributed by atoms with Crippen LogP contribution in [0.2, 0.25) is 0 Å². The smallest absolute Gasteiger partial charge is 0.159 e. The fourth-order valence-electron chi connectivity index (χ4n) is 3.27. The first-order chi connectivity index (χ1) is 9.97. The highest BCUT2D eigenvalue weighted by Crippen LogP contribution is 2.28. The van der Waals surface area contributed by atoms with Crippen molar-refractivity contribution in [1.29, 1.82) is 0 Å². The van der Waals surface area contributed by atoms with Crippen LogP contribution in [0, 0.1) is 11.6 Å². The summed E-state index contributed by atoms with van der Waals surface area (Å²) in [4.78, 5) is 2.47. The van der Waals surface area contributed by atoms with Crippen LogP contribution in [-0.4, -0.2) is 29.6 Å². The lowest BCUT2D eigenvalue weighted by Crippen LogP contribution is -2.59. The summed E-state index contributed by atoms with van der Waals surface area (Å²) in [5.41, 5.74) is 7.13. The van der Waals surface area contributed by atoms with Gasteiger partial charge in [0, 0.05) is 11.6 Å². The lowest BCUT2D eigenvalue weighted by Gasteiger charge is -2.47. The molecule has 2 rings (SSSR count). The minimum Gasteiger partial charge on any atom is -0.326 e. The predicted molar refractivity (Wildman–Crippen MR) is 82.2 cm³/mol. The lowest BCUT2D eigenvalue weighted by atomic mass is 9.83. The van der Waals surface area contributed by atoms with Crippen molar-refractivity contribution < 1.29 is 8.78 Å². The molecule has 0 aliphatic carbocycles. The summed E-state index contributed by atoms with van der Waals surface area (Å²) in [6.45, 7) is 6.51. The van der Waals surface area contributed by atoms with E-state index in [0.717, 1.165) is 25.1 Å². The molecular formula is C17H26F2N2. The van der Waals surface area contributed by atoms with Gasteiger partial charge in [0.05, 0.1) is 0 Å². The summed E-state index contributed by atoms with van der Waals surface area (Å²) in [7, 11) is 0. The quantitative estimate of drug-likeness (QED) is 0.901. The fraction of sp³-hybridized carbons (Fsp3) is 0.647. The van der Waals surface area contributed by atoms with E-state index in [9.17, 15) is 8.78 Å². The SMILES string of the molecule is CCC(C)(C(N)Cc1ccc(F)c(F)c1)N1CCCCC1. The second-order valence-electron chi connectivity index (χ2n) is 6.32. The van der Waals surface area contributed by atoms with Crippen molar-refractivity contribution in [3.8, 4) is 0 Å². The van der Waals surface area contributed by atoms with Crippen molar-refractivity contribution in [2.45, 2.75) is 57.5 Å². The average Bonchev–Trinajstić information content (AvgIpc) is 2.51. The Balaban J connectivity index is 2.11. The van der Waals surface area contributed by atoms with Gasteiger partial charge >= 0.3 is 0 Å². The van der Waals surface area contributed by atoms with Crippen molar-refractivity contribution in [1.82, 2.24) is 4.90 Å². The monoisotopic (exact) mass is 296 g/mol. The second-order valence-corrected chi connectivity index (χ2v) is 6.32. The van der Waals surface area contributed by atoms with Gasteiger partial charge in [0.2, 0.25) is 0 Å². The van der Waals surface area contributed by atoms with Crippen molar-refractivity contribution in [3.05, 3.63) is 35.4 Å². The Labute approximate surface area is 126 Å². The van der Waals surface area contributed by atoms with Crippen LogP contribution >= 0.6 is 0 Å². The van der Waals surface area contributed by atoms with E-state index in [4.69, 9.17) is 5.73 Å². The summed E-state index contributed by atoms with van der Waals surface area (Å²) in [6.07, 6.45) is 5.24. The lowest BCUT2D eigenvalue weighted by molar-refractivity contribution is 0.0546. The number of nitrogens with two attached hydrogens (primary N) is 1. The molecule has 1 aliphatic rings. The summed E-state index contributed by atoms with van der Waals surface area (Å²) in [5.74, 6) is -1.60. The molecular weight excluding hydrogens is 270 g/mol. The van der Waals surface area contributed by atoms with Crippen LogP contribution in [0.1, 0.15) is 45.1 Å². The van der Waals surface area contributed by atoms with E-state index in [-0.39, 0.29) is 11.6 Å². The Hall–Kier alpha value is -1.00. The Morgan fingerprint density at radius 2 is 1.86 bits per heavy atom. The van der Waals surface area contributed by atoms with Crippen LogP contribution in [0.25, 0.3) is 0 Å². The predicted octanol–water partition coefficient (Wildman–Crippen LogP) is 3.49. The zero-order valence-electron chi connectivity index (χ0n) is 13.0. The van der Waals surface area contributed by atoms with Gasteiger partial charge in [-0.3, -0.25) is 4.90 Å². The number of benzene rings is 1. The molecule has 1 fully saturated rings. The molecule has 1 heterocycles. The molecule has 0 bridgehead atoms. The van der Waals surface area contributed by atoms with E-state index in [2.05, 4.69) is 18.7 Å². The maximum absolute atomic E-state index is 13.3. The molecule has 1 aromatic rings. The van der Waals surface area contributed by atoms with Gasteiger partial charge in [-0.25, -0.2) is 8.78 Å². The number of halogens is 2. The number of rotatable bonds is 5. The van der Waals surface area contributed by atoms with Crippen molar-refractivity contribution in [2.75, 3.05) is 13.1 Å². The van der Waals surface area contributed by atoms with Crippen LogP contribution in [-0.2, 0) is 6.42 Å². The largest absolute Gasteiger partial charge is 0.326 e. The second kappa shape index (κ2) is 6.84. The highest BCUT2D eigenvalue weighted by Gasteiger charge is 2.36. The highest BCUT2D eigenvalue weighted by atomic mass is 19.2. The zero-order chi connectivity index (χ0) is 15.5. The van der Waals surface area contributed by atoms with Gasteiger partial charge in [-0.1, -0.05) is 19.4 Å². The molecule has 2 N–H and O–H groups in total. The number of hydrogen-bond donors (Lipinski definition) is 1. The van der Waals surface area contributed by atoms with Crippen molar-refractivity contribution in [3.63, 3.8) is 0 Å². The summed E-state index contributed by atoms with van der Waals surface area (Å²) >= 11 is 0. The molecule has 118 valence electrons. The molecule has 0 amide bonds. The van der Waals surface area contributed by atoms with Gasteiger partial charge < -0.3 is 5.73 Å². The van der Waals surface area contributed by atoms with Crippen LogP contribution < -0.4 is 5.73 Å². The number of likely N-dealkylation sites (tertiary alicyclic amines) is 1. The molecule has 0 radical (unpaired) electrons. The molecule has 0 spiro atoms. The van der Waals surface area contributed by atoms with Crippen molar-refractivity contribution >= 4 is 0 Å². The first kappa shape index (κ1) is 16.4. The highest BCUT2D eigenvalue weighted by molar-refractivity contribution is 5.20. The zero-order valence-corrected chi connectivity index (χ0v) is 13.0. The minimum absolute atomic E-state index is 0.0920. The van der Waals surface area contributed by atoms with E-state index >= 15 is 0 Å². The third kappa shape index (κ3) is 3.61. The van der Waals surface area contributed by atoms with Crippen molar-refractivity contribution in [2.24, 2.45) is 5.73 Å². The Bertz CT molecular complexity index is 472. The van der Waals surface area contributed by atoms with Gasteiger partial charge in [-0.2, -0.15) is 0 Å². The maximum Gasteiger partial charge on any atom is 0.159 e. The standard InChI is InChI=1S/C17H26F2N2/c1-3-17(2,21-9-5-4-6-10-21)16(20)12-13-7-8-14(18)15(19)11-13/h7-8,11,16H,3-6,9-10,12,20H2,1-2H3. The summed E-state index contributed by atoms with van der Waals surface area (Å²) in [5, 5.41) is 0. The Kier molecular flexibility index (Phi) is 5.33. The molecule has 0 aromatic heterocycles. The Morgan fingerprint density at radius 1 is 1.19 bits per heavy atom. The third-order valence-electron chi connectivity index (χ3n) is 5.03. The van der Waals surface area contributed by atoms with Gasteiger partial charge in [0.15, 0.2) is 11.6 Å². The summed E-state index contributed by atoms with van der Waals surface area (Å²) < 4.78 is 26.3. The molecule has 4 heteroatoms. The van der Waals surface area contributed by atoms with Gasteiger partial charge in [-0.15, -0.1) is 0 Å². The first-order valence-electron chi connectivity index (χ1n) is 7.92. The molecule has 2 atom stereocenters. The first-order valence-corrected chi connectivity index (χ1v) is 7.92. The van der Waals surface area contributed by atoms with Crippen LogP contribution in [0.15, 0.2) is 18.2 Å². The maximum atomic E-state index is 13.3. The third-order valence-corrected chi connectivity index (χ3v) is 5.03. The topological polar surface area (TPSA) is 29.3 Å². The average molecular weight is 296 g/mol. The van der Waals surface area contributed by atoms with Crippen LogP contribution in [0.4, 0.5) is 8.78 Å². The molecule has 1 aliphatic heterocycles. The number of piperidine rings is 1. The molecule has 1 saturated heterocycles.